The fourth-order valence-electron chi connectivity index (χ4n) is 3.40. The van der Waals surface area contributed by atoms with Crippen LogP contribution in [0.25, 0.3) is 10.9 Å². The number of nitrogens with one attached hydrogen (secondary N) is 2. The van der Waals surface area contributed by atoms with E-state index < -0.39 is 0 Å². The van der Waals surface area contributed by atoms with Crippen molar-refractivity contribution in [3.8, 4) is 0 Å². The van der Waals surface area contributed by atoms with Gasteiger partial charge in [0.2, 0.25) is 0 Å². The van der Waals surface area contributed by atoms with Crippen LogP contribution in [0.4, 0.5) is 0 Å². The van der Waals surface area contributed by atoms with Crippen LogP contribution in [-0.4, -0.2) is 58.6 Å². The van der Waals surface area contributed by atoms with E-state index in [4.69, 9.17) is 9.73 Å². The van der Waals surface area contributed by atoms with Gasteiger partial charge in [0.05, 0.1) is 0 Å². The molecule has 0 aliphatic heterocycles. The molecule has 0 aliphatic carbocycles. The first-order valence-corrected chi connectivity index (χ1v) is 10.7. The first kappa shape index (κ1) is 21.8. The molecule has 0 saturated heterocycles. The zero-order valence-electron chi connectivity index (χ0n) is 18.0. The SMILES string of the molecule is CCc1nncn1CCNC(=NCCCn1ccc2ccccc21)NCCCOC. The van der Waals surface area contributed by atoms with Gasteiger partial charge in [-0.05, 0) is 30.4 Å². The number of aromatic nitrogens is 4. The van der Waals surface area contributed by atoms with Crippen LogP contribution >= 0.6 is 0 Å². The van der Waals surface area contributed by atoms with Crippen molar-refractivity contribution in [3.63, 3.8) is 0 Å². The molecule has 0 bridgehead atoms. The van der Waals surface area contributed by atoms with Gasteiger partial charge in [0, 0.05) is 64.6 Å². The highest BCUT2D eigenvalue weighted by Crippen LogP contribution is 2.15. The predicted molar refractivity (Wildman–Crippen MR) is 121 cm³/mol. The molecule has 0 radical (unpaired) electrons. The van der Waals surface area contributed by atoms with Crippen LogP contribution in [0, 0.1) is 0 Å². The minimum Gasteiger partial charge on any atom is -0.385 e. The van der Waals surface area contributed by atoms with Crippen LogP contribution in [0.1, 0.15) is 25.6 Å². The van der Waals surface area contributed by atoms with Gasteiger partial charge in [-0.15, -0.1) is 10.2 Å². The third-order valence-electron chi connectivity index (χ3n) is 4.98. The average Bonchev–Trinajstić information content (AvgIpc) is 3.40. The molecule has 8 heteroatoms. The monoisotopic (exact) mass is 411 g/mol. The Morgan fingerprint density at radius 2 is 1.93 bits per heavy atom. The zero-order chi connectivity index (χ0) is 21.0. The number of rotatable bonds is 12. The van der Waals surface area contributed by atoms with E-state index in [9.17, 15) is 0 Å². The summed E-state index contributed by atoms with van der Waals surface area (Å²) >= 11 is 0. The number of methoxy groups -OCH3 is 1. The van der Waals surface area contributed by atoms with Gasteiger partial charge in [0.25, 0.3) is 0 Å². The van der Waals surface area contributed by atoms with E-state index in [0.717, 1.165) is 70.4 Å². The molecule has 0 aliphatic rings. The predicted octanol–water partition coefficient (Wildman–Crippen LogP) is 2.46. The first-order chi connectivity index (χ1) is 14.8. The second kappa shape index (κ2) is 12.0. The summed E-state index contributed by atoms with van der Waals surface area (Å²) in [6.07, 6.45) is 6.74. The molecule has 0 spiro atoms. The van der Waals surface area contributed by atoms with Gasteiger partial charge in [0.15, 0.2) is 5.96 Å². The Morgan fingerprint density at radius 1 is 1.07 bits per heavy atom. The van der Waals surface area contributed by atoms with Crippen LogP contribution in [0.3, 0.4) is 0 Å². The highest BCUT2D eigenvalue weighted by molar-refractivity contribution is 5.80. The fourth-order valence-corrected chi connectivity index (χ4v) is 3.40. The minimum absolute atomic E-state index is 0.738. The van der Waals surface area contributed by atoms with Crippen LogP contribution in [0.2, 0.25) is 0 Å². The molecule has 30 heavy (non-hydrogen) atoms. The Morgan fingerprint density at radius 3 is 2.80 bits per heavy atom. The fraction of sp³-hybridized carbons (Fsp3) is 0.500. The van der Waals surface area contributed by atoms with Gasteiger partial charge in [-0.25, -0.2) is 0 Å². The lowest BCUT2D eigenvalue weighted by Gasteiger charge is -2.13. The number of guanidine groups is 1. The van der Waals surface area contributed by atoms with Crippen molar-refractivity contribution in [1.29, 1.82) is 0 Å². The molecule has 3 aromatic rings. The van der Waals surface area contributed by atoms with Crippen LogP contribution in [0.15, 0.2) is 47.8 Å². The standard InChI is InChI=1S/C22H33N7O/c1-3-21-27-26-18-29(21)16-13-25-22(24-12-7-17-30-2)23-11-6-14-28-15-10-19-8-4-5-9-20(19)28/h4-5,8-10,15,18H,3,6-7,11-14,16-17H2,1-2H3,(H2,23,24,25). The van der Waals surface area contributed by atoms with Gasteiger partial charge in [0.1, 0.15) is 12.2 Å². The van der Waals surface area contributed by atoms with Gasteiger partial charge in [-0.1, -0.05) is 25.1 Å². The maximum absolute atomic E-state index is 5.13. The molecule has 2 heterocycles. The average molecular weight is 412 g/mol. The van der Waals surface area contributed by atoms with E-state index in [0.29, 0.717) is 0 Å². The van der Waals surface area contributed by atoms with E-state index >= 15 is 0 Å². The van der Waals surface area contributed by atoms with Crippen molar-refractivity contribution in [2.45, 2.75) is 39.3 Å². The van der Waals surface area contributed by atoms with Gasteiger partial charge < -0.3 is 24.5 Å². The molecule has 8 nitrogen and oxygen atoms in total. The molecule has 3 rings (SSSR count). The maximum Gasteiger partial charge on any atom is 0.191 e. The maximum atomic E-state index is 5.13. The highest BCUT2D eigenvalue weighted by Gasteiger charge is 2.03. The summed E-state index contributed by atoms with van der Waals surface area (Å²) in [6.45, 7) is 6.95. The summed E-state index contributed by atoms with van der Waals surface area (Å²) in [5.74, 6) is 1.84. The number of hydrogen-bond acceptors (Lipinski definition) is 4. The second-order valence-corrected chi connectivity index (χ2v) is 7.15. The van der Waals surface area contributed by atoms with Crippen LogP contribution in [-0.2, 0) is 24.2 Å². The zero-order valence-corrected chi connectivity index (χ0v) is 18.0. The summed E-state index contributed by atoms with van der Waals surface area (Å²) in [5.41, 5.74) is 1.28. The number of para-hydroxylation sites is 1. The summed E-state index contributed by atoms with van der Waals surface area (Å²) < 4.78 is 9.50. The topological polar surface area (TPSA) is 81.3 Å². The molecule has 162 valence electrons. The summed E-state index contributed by atoms with van der Waals surface area (Å²) in [7, 11) is 1.72. The highest BCUT2D eigenvalue weighted by atomic mass is 16.5. The molecule has 2 N–H and O–H groups in total. The molecular weight excluding hydrogens is 378 g/mol. The van der Waals surface area contributed by atoms with Crippen LogP contribution in [0.5, 0.6) is 0 Å². The Balaban J connectivity index is 1.49. The third-order valence-corrected chi connectivity index (χ3v) is 4.98. The van der Waals surface area contributed by atoms with E-state index in [1.54, 1.807) is 13.4 Å². The van der Waals surface area contributed by atoms with E-state index in [1.807, 2.05) is 0 Å². The van der Waals surface area contributed by atoms with Crippen molar-refractivity contribution < 1.29 is 4.74 Å². The second-order valence-electron chi connectivity index (χ2n) is 7.15. The lowest BCUT2D eigenvalue weighted by atomic mass is 10.2. The Labute approximate surface area is 178 Å². The number of nitrogens with zero attached hydrogens (tertiary/aromatic N) is 5. The number of aryl methyl sites for hydroxylation is 2. The minimum atomic E-state index is 0.738. The van der Waals surface area contributed by atoms with Crippen molar-refractivity contribution in [1.82, 2.24) is 30.0 Å². The number of fused-ring (bicyclic) bond motifs is 1. The normalized spacial score (nSPS) is 11.9. The van der Waals surface area contributed by atoms with Crippen molar-refractivity contribution in [2.75, 3.05) is 33.4 Å². The van der Waals surface area contributed by atoms with Gasteiger partial charge >= 0.3 is 0 Å². The molecule has 1 aromatic carbocycles. The Hall–Kier alpha value is -2.87. The smallest absolute Gasteiger partial charge is 0.191 e. The van der Waals surface area contributed by atoms with Crippen molar-refractivity contribution in [2.24, 2.45) is 4.99 Å². The van der Waals surface area contributed by atoms with Gasteiger partial charge in [-0.3, -0.25) is 4.99 Å². The largest absolute Gasteiger partial charge is 0.385 e. The Kier molecular flexibility index (Phi) is 8.71. The molecule has 2 aromatic heterocycles. The lowest BCUT2D eigenvalue weighted by molar-refractivity contribution is 0.195. The molecule has 0 atom stereocenters. The van der Waals surface area contributed by atoms with Crippen LogP contribution < -0.4 is 10.6 Å². The molecule has 0 unspecified atom stereocenters. The Bertz CT molecular complexity index is 915. The van der Waals surface area contributed by atoms with Gasteiger partial charge in [-0.2, -0.15) is 0 Å². The number of ether oxygens (including phenoxy) is 1. The summed E-state index contributed by atoms with van der Waals surface area (Å²) in [5, 5.41) is 16.2. The van der Waals surface area contributed by atoms with Crippen molar-refractivity contribution in [3.05, 3.63) is 48.7 Å². The number of benzene rings is 1. The quantitative estimate of drug-likeness (QED) is 0.272. The number of hydrogen-bond donors (Lipinski definition) is 2. The molecular formula is C22H33N7O. The van der Waals surface area contributed by atoms with E-state index in [-0.39, 0.29) is 0 Å². The molecule has 0 amide bonds. The third kappa shape index (κ3) is 6.32. The molecule has 0 saturated carbocycles. The lowest BCUT2D eigenvalue weighted by Crippen LogP contribution is -2.40. The van der Waals surface area contributed by atoms with E-state index in [2.05, 4.69) is 73.4 Å². The number of aliphatic imine (C=N–C) groups is 1. The van der Waals surface area contributed by atoms with Crippen molar-refractivity contribution >= 4 is 16.9 Å². The van der Waals surface area contributed by atoms with E-state index in [1.165, 1.54) is 10.9 Å². The summed E-state index contributed by atoms with van der Waals surface area (Å²) in [4.78, 5) is 4.76. The summed E-state index contributed by atoms with van der Waals surface area (Å²) in [6, 6.07) is 10.6. The molecule has 0 fully saturated rings. The first-order valence-electron chi connectivity index (χ1n) is 10.7.